The quantitative estimate of drug-likeness (QED) is 0.364. The second kappa shape index (κ2) is 6.08. The van der Waals surface area contributed by atoms with E-state index in [0.29, 0.717) is 0 Å². The van der Waals surface area contributed by atoms with Crippen LogP contribution in [0.4, 0.5) is 0 Å². The Labute approximate surface area is 151 Å². The van der Waals surface area contributed by atoms with Crippen LogP contribution in [0.3, 0.4) is 0 Å². The molecule has 0 aliphatic rings. The second-order valence-corrected chi connectivity index (χ2v) is 6.32. The van der Waals surface area contributed by atoms with Crippen molar-refractivity contribution in [2.24, 2.45) is 0 Å². The highest BCUT2D eigenvalue weighted by Gasteiger charge is 2.10. The molecule has 0 spiro atoms. The number of rotatable bonds is 2. The lowest BCUT2D eigenvalue weighted by atomic mass is 9.97. The molecule has 0 saturated heterocycles. The highest BCUT2D eigenvalue weighted by atomic mass is 14.8. The van der Waals surface area contributed by atoms with Crippen molar-refractivity contribution < 1.29 is 0 Å². The van der Waals surface area contributed by atoms with Crippen molar-refractivity contribution in [1.29, 1.82) is 0 Å². The Morgan fingerprint density at radius 1 is 0.500 bits per heavy atom. The zero-order chi connectivity index (χ0) is 17.3. The molecule has 0 unspecified atom stereocenters. The monoisotopic (exact) mass is 332 g/mol. The number of hydrogen-bond acceptors (Lipinski definition) is 2. The molecule has 0 aliphatic heterocycles. The van der Waals surface area contributed by atoms with Crippen molar-refractivity contribution in [2.45, 2.75) is 0 Å². The van der Waals surface area contributed by atoms with Crippen LogP contribution in [0.2, 0.25) is 0 Å². The Morgan fingerprint density at radius 3 is 2.04 bits per heavy atom. The molecule has 0 fully saturated rings. The topological polar surface area (TPSA) is 25.8 Å². The molecule has 3 aromatic carbocycles. The van der Waals surface area contributed by atoms with Gasteiger partial charge in [0.2, 0.25) is 0 Å². The minimum absolute atomic E-state index is 0.948. The minimum atomic E-state index is 0.948. The fourth-order valence-electron chi connectivity index (χ4n) is 3.45. The van der Waals surface area contributed by atoms with Gasteiger partial charge in [0, 0.05) is 22.5 Å². The van der Waals surface area contributed by atoms with Gasteiger partial charge in [-0.15, -0.1) is 0 Å². The number of hydrogen-bond donors (Lipinski definition) is 0. The fourth-order valence-corrected chi connectivity index (χ4v) is 3.45. The predicted octanol–water partition coefficient (Wildman–Crippen LogP) is 6.12. The summed E-state index contributed by atoms with van der Waals surface area (Å²) in [5.74, 6) is 0. The zero-order valence-corrected chi connectivity index (χ0v) is 14.1. The SMILES string of the molecule is c1ccc(-c2ccccc2-c2ccc3ccc4cccnc4c3n2)cc1. The summed E-state index contributed by atoms with van der Waals surface area (Å²) in [4.78, 5) is 9.56. The summed E-state index contributed by atoms with van der Waals surface area (Å²) in [7, 11) is 0. The van der Waals surface area contributed by atoms with Crippen LogP contribution in [-0.2, 0) is 0 Å². The molecule has 5 rings (SSSR count). The molecule has 0 bridgehead atoms. The van der Waals surface area contributed by atoms with Gasteiger partial charge in [0.05, 0.1) is 16.7 Å². The fraction of sp³-hybridized carbons (Fsp3) is 0. The van der Waals surface area contributed by atoms with Crippen molar-refractivity contribution in [3.05, 3.63) is 97.2 Å². The van der Waals surface area contributed by atoms with E-state index in [1.165, 1.54) is 11.1 Å². The molecule has 2 nitrogen and oxygen atoms in total. The summed E-state index contributed by atoms with van der Waals surface area (Å²) in [5, 5.41) is 2.22. The van der Waals surface area contributed by atoms with Crippen LogP contribution in [-0.4, -0.2) is 9.97 Å². The van der Waals surface area contributed by atoms with E-state index < -0.39 is 0 Å². The highest BCUT2D eigenvalue weighted by Crippen LogP contribution is 2.32. The van der Waals surface area contributed by atoms with E-state index >= 15 is 0 Å². The number of pyridine rings is 2. The van der Waals surface area contributed by atoms with E-state index in [1.54, 1.807) is 0 Å². The first-order chi connectivity index (χ1) is 12.9. The molecule has 0 amide bonds. The Balaban J connectivity index is 1.77. The second-order valence-electron chi connectivity index (χ2n) is 6.32. The van der Waals surface area contributed by atoms with Crippen molar-refractivity contribution in [2.75, 3.05) is 0 Å². The third-order valence-corrected chi connectivity index (χ3v) is 4.72. The van der Waals surface area contributed by atoms with Gasteiger partial charge in [-0.1, -0.05) is 78.9 Å². The van der Waals surface area contributed by atoms with Crippen LogP contribution in [0.15, 0.2) is 97.2 Å². The normalized spacial score (nSPS) is 11.1. The Morgan fingerprint density at radius 2 is 1.19 bits per heavy atom. The predicted molar refractivity (Wildman–Crippen MR) is 108 cm³/mol. The van der Waals surface area contributed by atoms with Gasteiger partial charge in [-0.2, -0.15) is 0 Å². The molecule has 2 heteroatoms. The number of nitrogens with zero attached hydrogens (tertiary/aromatic N) is 2. The van der Waals surface area contributed by atoms with Crippen LogP contribution >= 0.6 is 0 Å². The van der Waals surface area contributed by atoms with Gasteiger partial charge in [-0.05, 0) is 23.3 Å². The average Bonchev–Trinajstić information content (AvgIpc) is 2.74. The van der Waals surface area contributed by atoms with Crippen LogP contribution in [0.5, 0.6) is 0 Å². The van der Waals surface area contributed by atoms with Gasteiger partial charge in [0.15, 0.2) is 0 Å². The van der Waals surface area contributed by atoms with Gasteiger partial charge in [-0.3, -0.25) is 4.98 Å². The Kier molecular flexibility index (Phi) is 3.46. The van der Waals surface area contributed by atoms with E-state index in [0.717, 1.165) is 33.1 Å². The Bertz CT molecular complexity index is 1230. The molecule has 0 aliphatic carbocycles. The molecule has 0 atom stereocenters. The number of aromatic nitrogens is 2. The molecule has 2 aromatic heterocycles. The summed E-state index contributed by atoms with van der Waals surface area (Å²) in [5.41, 5.74) is 6.38. The molecule has 122 valence electrons. The molecule has 0 radical (unpaired) electrons. The van der Waals surface area contributed by atoms with Crippen molar-refractivity contribution >= 4 is 21.8 Å². The van der Waals surface area contributed by atoms with Gasteiger partial charge in [0.25, 0.3) is 0 Å². The molecule has 26 heavy (non-hydrogen) atoms. The van der Waals surface area contributed by atoms with Crippen molar-refractivity contribution in [3.63, 3.8) is 0 Å². The molecule has 0 saturated carbocycles. The first-order valence-electron chi connectivity index (χ1n) is 8.69. The van der Waals surface area contributed by atoms with Gasteiger partial charge < -0.3 is 0 Å². The summed E-state index contributed by atoms with van der Waals surface area (Å²) >= 11 is 0. The molecule has 5 aromatic rings. The Hall–Kier alpha value is -3.52. The van der Waals surface area contributed by atoms with Crippen LogP contribution in [0, 0.1) is 0 Å². The van der Waals surface area contributed by atoms with Gasteiger partial charge in [0.1, 0.15) is 0 Å². The first-order valence-corrected chi connectivity index (χ1v) is 8.69. The molecule has 2 heterocycles. The van der Waals surface area contributed by atoms with Crippen molar-refractivity contribution in [3.8, 4) is 22.4 Å². The summed E-state index contributed by atoms with van der Waals surface area (Å²) in [6.07, 6.45) is 1.83. The maximum atomic E-state index is 5.00. The lowest BCUT2D eigenvalue weighted by Gasteiger charge is -2.11. The maximum absolute atomic E-state index is 5.00. The van der Waals surface area contributed by atoms with E-state index in [2.05, 4.69) is 83.8 Å². The standard InChI is InChI=1S/C24H16N2/c1-2-7-17(8-3-1)20-10-4-5-11-21(20)22-15-14-19-13-12-18-9-6-16-25-23(18)24(19)26-22/h1-16H. The third kappa shape index (κ3) is 2.44. The summed E-state index contributed by atoms with van der Waals surface area (Å²) < 4.78 is 0. The van der Waals surface area contributed by atoms with E-state index in [9.17, 15) is 0 Å². The van der Waals surface area contributed by atoms with Crippen LogP contribution in [0.1, 0.15) is 0 Å². The third-order valence-electron chi connectivity index (χ3n) is 4.72. The van der Waals surface area contributed by atoms with Crippen LogP contribution in [0.25, 0.3) is 44.2 Å². The highest BCUT2D eigenvalue weighted by molar-refractivity contribution is 6.03. The number of benzene rings is 3. The maximum Gasteiger partial charge on any atom is 0.0972 e. The first kappa shape index (κ1) is 14.8. The summed E-state index contributed by atoms with van der Waals surface area (Å²) in [6.45, 7) is 0. The molecule has 0 N–H and O–H groups in total. The lowest BCUT2D eigenvalue weighted by molar-refractivity contribution is 1.37. The van der Waals surface area contributed by atoms with Crippen LogP contribution < -0.4 is 0 Å². The average molecular weight is 332 g/mol. The van der Waals surface area contributed by atoms with Gasteiger partial charge in [-0.25, -0.2) is 4.98 Å². The van der Waals surface area contributed by atoms with Gasteiger partial charge >= 0.3 is 0 Å². The zero-order valence-electron chi connectivity index (χ0n) is 14.1. The van der Waals surface area contributed by atoms with Crippen molar-refractivity contribution in [1.82, 2.24) is 9.97 Å². The lowest BCUT2D eigenvalue weighted by Crippen LogP contribution is -1.90. The summed E-state index contributed by atoms with van der Waals surface area (Å²) in [6, 6.07) is 31.3. The molecular weight excluding hydrogens is 316 g/mol. The van der Waals surface area contributed by atoms with E-state index in [-0.39, 0.29) is 0 Å². The van der Waals surface area contributed by atoms with E-state index in [4.69, 9.17) is 4.98 Å². The largest absolute Gasteiger partial charge is 0.254 e. The minimum Gasteiger partial charge on any atom is -0.254 e. The molecular formula is C24H16N2. The smallest absolute Gasteiger partial charge is 0.0972 e. The van der Waals surface area contributed by atoms with E-state index in [1.807, 2.05) is 18.3 Å². The number of fused-ring (bicyclic) bond motifs is 3.